The van der Waals surface area contributed by atoms with Crippen molar-refractivity contribution in [2.45, 2.75) is 13.5 Å². The van der Waals surface area contributed by atoms with Crippen molar-refractivity contribution in [1.29, 1.82) is 0 Å². The molecule has 1 aromatic carbocycles. The molecule has 1 heterocycles. The van der Waals surface area contributed by atoms with Gasteiger partial charge in [-0.25, -0.2) is 0 Å². The second-order valence-electron chi connectivity index (χ2n) is 2.87. The van der Waals surface area contributed by atoms with Crippen LogP contribution in [0.4, 0.5) is 0 Å². The molecule has 68 valence electrons. The summed E-state index contributed by atoms with van der Waals surface area (Å²) in [5.74, 6) is 0.714. The van der Waals surface area contributed by atoms with Gasteiger partial charge in [0, 0.05) is 18.1 Å². The number of benzene rings is 1. The van der Waals surface area contributed by atoms with Crippen LogP contribution >= 0.6 is 11.9 Å². The molecule has 2 aromatic rings. The van der Waals surface area contributed by atoms with Gasteiger partial charge in [0.2, 0.25) is 0 Å². The third-order valence-corrected chi connectivity index (χ3v) is 2.34. The van der Waals surface area contributed by atoms with Crippen molar-refractivity contribution in [3.8, 4) is 5.75 Å². The molecule has 2 nitrogen and oxygen atoms in total. The monoisotopic (exact) mass is 195 g/mol. The van der Waals surface area contributed by atoms with E-state index < -0.39 is 0 Å². The number of rotatable bonds is 2. The quantitative estimate of drug-likeness (QED) is 0.718. The Bertz CT molecular complexity index is 422. The van der Waals surface area contributed by atoms with Crippen LogP contribution in [0.1, 0.15) is 6.92 Å². The lowest BCUT2D eigenvalue weighted by Crippen LogP contribution is -1.92. The predicted molar refractivity (Wildman–Crippen MR) is 54.1 cm³/mol. The molecule has 0 aliphatic heterocycles. The third kappa shape index (κ3) is 1.27. The zero-order chi connectivity index (χ0) is 9.26. The maximum absolute atomic E-state index is 5.38. The Kier molecular flexibility index (Phi) is 2.15. The van der Waals surface area contributed by atoms with Crippen LogP contribution in [-0.2, 0) is 6.54 Å². The zero-order valence-electron chi connectivity index (χ0n) is 7.33. The first-order chi connectivity index (χ1) is 6.36. The van der Waals surface area contributed by atoms with E-state index >= 15 is 0 Å². The summed E-state index contributed by atoms with van der Waals surface area (Å²) in [5, 5.41) is 1.15. The van der Waals surface area contributed by atoms with Crippen LogP contribution < -0.4 is 4.29 Å². The minimum Gasteiger partial charge on any atom is -0.383 e. The Morgan fingerprint density at radius 3 is 2.92 bits per heavy atom. The molecular weight excluding hydrogens is 186 g/mol. The van der Waals surface area contributed by atoms with E-state index in [4.69, 9.17) is 16.2 Å². The molecule has 0 saturated carbocycles. The van der Waals surface area contributed by atoms with E-state index in [0.29, 0.717) is 5.75 Å². The first kappa shape index (κ1) is 8.45. The lowest BCUT2D eigenvalue weighted by atomic mass is 10.2. The Morgan fingerprint density at radius 2 is 2.23 bits per heavy atom. The highest BCUT2D eigenvalue weighted by Crippen LogP contribution is 2.27. The number of aryl methyl sites for hydroxylation is 1. The molecule has 1 aromatic heterocycles. The van der Waals surface area contributed by atoms with E-state index in [-0.39, 0.29) is 0 Å². The van der Waals surface area contributed by atoms with Crippen LogP contribution in [-0.4, -0.2) is 4.57 Å². The first-order valence-electron chi connectivity index (χ1n) is 4.23. The van der Waals surface area contributed by atoms with Crippen LogP contribution in [0.2, 0.25) is 0 Å². The van der Waals surface area contributed by atoms with Crippen molar-refractivity contribution >= 4 is 22.8 Å². The van der Waals surface area contributed by atoms with Crippen molar-refractivity contribution < 1.29 is 4.29 Å². The van der Waals surface area contributed by atoms with E-state index in [1.54, 1.807) is 0 Å². The Balaban J connectivity index is 2.76. The lowest BCUT2D eigenvalue weighted by molar-refractivity contribution is 0.619. The predicted octanol–water partition coefficient (Wildman–Crippen LogP) is 3.19. The van der Waals surface area contributed by atoms with Gasteiger partial charge < -0.3 is 8.86 Å². The van der Waals surface area contributed by atoms with Crippen molar-refractivity contribution in [3.63, 3.8) is 0 Å². The smallest absolute Gasteiger partial charge is 0.170 e. The summed E-state index contributed by atoms with van der Waals surface area (Å²) in [4.78, 5) is 0. The summed E-state index contributed by atoms with van der Waals surface area (Å²) in [6.07, 6.45) is 2.03. The average Bonchev–Trinajstić information content (AvgIpc) is 2.60. The number of para-hydroxylation sites is 1. The molecular formula is C10H10ClNO. The minimum atomic E-state index is 0.714. The highest BCUT2D eigenvalue weighted by molar-refractivity contribution is 6.10. The summed E-state index contributed by atoms with van der Waals surface area (Å²) in [5.41, 5.74) is 1.06. The topological polar surface area (TPSA) is 14.2 Å². The standard InChI is InChI=1S/C10H10ClNO/c1-2-12-7-6-8-4-3-5-9(13-11)10(8)12/h3-7H,2H2,1H3. The highest BCUT2D eigenvalue weighted by atomic mass is 35.5. The van der Waals surface area contributed by atoms with E-state index in [1.165, 1.54) is 0 Å². The van der Waals surface area contributed by atoms with Crippen LogP contribution in [0.25, 0.3) is 10.9 Å². The molecule has 0 atom stereocenters. The van der Waals surface area contributed by atoms with Crippen molar-refractivity contribution in [1.82, 2.24) is 4.57 Å². The Morgan fingerprint density at radius 1 is 1.38 bits per heavy atom. The number of hydrogen-bond donors (Lipinski definition) is 0. The van der Waals surface area contributed by atoms with E-state index in [0.717, 1.165) is 17.4 Å². The van der Waals surface area contributed by atoms with E-state index in [9.17, 15) is 0 Å². The van der Waals surface area contributed by atoms with Crippen LogP contribution in [0.3, 0.4) is 0 Å². The lowest BCUT2D eigenvalue weighted by Gasteiger charge is -2.03. The minimum absolute atomic E-state index is 0.714. The van der Waals surface area contributed by atoms with Crippen LogP contribution in [0.5, 0.6) is 5.75 Å². The summed E-state index contributed by atoms with van der Waals surface area (Å²) >= 11 is 5.38. The van der Waals surface area contributed by atoms with Gasteiger partial charge in [-0.1, -0.05) is 12.1 Å². The summed E-state index contributed by atoms with van der Waals surface area (Å²) in [7, 11) is 0. The summed E-state index contributed by atoms with van der Waals surface area (Å²) < 4.78 is 6.88. The van der Waals surface area contributed by atoms with Gasteiger partial charge in [0.15, 0.2) is 5.75 Å². The molecule has 13 heavy (non-hydrogen) atoms. The molecule has 0 radical (unpaired) electrons. The van der Waals surface area contributed by atoms with E-state index in [2.05, 4.69) is 17.6 Å². The number of fused-ring (bicyclic) bond motifs is 1. The summed E-state index contributed by atoms with van der Waals surface area (Å²) in [6, 6.07) is 7.89. The largest absolute Gasteiger partial charge is 0.383 e. The fourth-order valence-corrected chi connectivity index (χ4v) is 1.68. The molecule has 0 aliphatic rings. The fourth-order valence-electron chi connectivity index (χ4n) is 1.55. The van der Waals surface area contributed by atoms with Gasteiger partial charge in [0.25, 0.3) is 0 Å². The number of nitrogens with zero attached hydrogens (tertiary/aromatic N) is 1. The fraction of sp³-hybridized carbons (Fsp3) is 0.200. The number of halogens is 1. The van der Waals surface area contributed by atoms with Gasteiger partial charge in [-0.05, 0) is 19.1 Å². The first-order valence-corrected chi connectivity index (χ1v) is 4.54. The van der Waals surface area contributed by atoms with Gasteiger partial charge in [-0.3, -0.25) is 0 Å². The third-order valence-electron chi connectivity index (χ3n) is 2.18. The number of aromatic nitrogens is 1. The number of hydrogen-bond acceptors (Lipinski definition) is 1. The van der Waals surface area contributed by atoms with Gasteiger partial charge in [-0.15, -0.1) is 0 Å². The molecule has 0 aliphatic carbocycles. The molecule has 0 unspecified atom stereocenters. The van der Waals surface area contributed by atoms with Gasteiger partial charge >= 0.3 is 0 Å². The van der Waals surface area contributed by atoms with Crippen molar-refractivity contribution in [3.05, 3.63) is 30.5 Å². The molecule has 0 spiro atoms. The van der Waals surface area contributed by atoms with Gasteiger partial charge in [-0.2, -0.15) is 0 Å². The van der Waals surface area contributed by atoms with E-state index in [1.807, 2.05) is 24.4 Å². The van der Waals surface area contributed by atoms with Crippen molar-refractivity contribution in [2.75, 3.05) is 0 Å². The Hall–Kier alpha value is -1.15. The molecule has 2 rings (SSSR count). The Labute approximate surface area is 81.9 Å². The maximum Gasteiger partial charge on any atom is 0.170 e. The van der Waals surface area contributed by atoms with Crippen molar-refractivity contribution in [2.24, 2.45) is 0 Å². The average molecular weight is 196 g/mol. The zero-order valence-corrected chi connectivity index (χ0v) is 8.08. The molecule has 0 fully saturated rings. The molecule has 0 amide bonds. The molecule has 0 N–H and O–H groups in total. The van der Waals surface area contributed by atoms with Crippen LogP contribution in [0.15, 0.2) is 30.5 Å². The molecule has 3 heteroatoms. The second kappa shape index (κ2) is 3.30. The highest BCUT2D eigenvalue weighted by Gasteiger charge is 2.05. The summed E-state index contributed by atoms with van der Waals surface area (Å²) in [6.45, 7) is 3.01. The van der Waals surface area contributed by atoms with Gasteiger partial charge in [0.1, 0.15) is 11.9 Å². The SMILES string of the molecule is CCn1ccc2cccc(OCl)c21. The second-order valence-corrected chi connectivity index (χ2v) is 3.03. The molecule has 0 saturated heterocycles. The normalized spacial score (nSPS) is 10.6. The molecule has 0 bridgehead atoms. The van der Waals surface area contributed by atoms with Gasteiger partial charge in [0.05, 0.1) is 5.52 Å². The van der Waals surface area contributed by atoms with Crippen LogP contribution in [0, 0.1) is 0 Å². The maximum atomic E-state index is 5.38.